The molecule has 3 nitrogen and oxygen atoms in total. The summed E-state index contributed by atoms with van der Waals surface area (Å²) in [7, 11) is 0. The van der Waals surface area contributed by atoms with E-state index in [0.29, 0.717) is 10.7 Å². The molecule has 0 fully saturated rings. The van der Waals surface area contributed by atoms with Gasteiger partial charge in [-0.1, -0.05) is 24.6 Å². The maximum atomic E-state index is 6.09. The molecule has 20 heavy (non-hydrogen) atoms. The van der Waals surface area contributed by atoms with Crippen LogP contribution in [0.2, 0.25) is 5.02 Å². The van der Waals surface area contributed by atoms with E-state index in [1.165, 1.54) is 4.88 Å². The molecule has 0 atom stereocenters. The maximum Gasteiger partial charge on any atom is 0.126 e. The van der Waals surface area contributed by atoms with Crippen LogP contribution in [0, 0.1) is 0 Å². The quantitative estimate of drug-likeness (QED) is 0.779. The minimum Gasteiger partial charge on any atom is -0.396 e. The highest BCUT2D eigenvalue weighted by atomic mass is 35.5. The number of rotatable bonds is 3. The minimum atomic E-state index is 0.675. The van der Waals surface area contributed by atoms with Crippen molar-refractivity contribution in [2.24, 2.45) is 0 Å². The molecule has 0 amide bonds. The highest BCUT2D eigenvalue weighted by Gasteiger charge is 2.12. The van der Waals surface area contributed by atoms with Crippen molar-refractivity contribution in [2.75, 3.05) is 5.73 Å². The van der Waals surface area contributed by atoms with Crippen LogP contribution in [-0.2, 0) is 6.42 Å². The second kappa shape index (κ2) is 5.31. The number of aryl methyl sites for hydroxylation is 1. The number of nitrogens with zero attached hydrogens (tertiary/aromatic N) is 2. The first-order valence-corrected chi connectivity index (χ1v) is 7.57. The van der Waals surface area contributed by atoms with Gasteiger partial charge in [-0.3, -0.25) is 0 Å². The summed E-state index contributed by atoms with van der Waals surface area (Å²) in [5.41, 5.74) is 8.50. The Balaban J connectivity index is 2.02. The minimum absolute atomic E-state index is 0.675. The number of thiophene rings is 1. The SMILES string of the molecule is CCc1ccc(-c2nn(-c3cccc(Cl)c3)cc2N)s1. The van der Waals surface area contributed by atoms with Gasteiger partial charge in [0.05, 0.1) is 22.4 Å². The molecule has 102 valence electrons. The number of nitrogens with two attached hydrogens (primary N) is 1. The van der Waals surface area contributed by atoms with Gasteiger partial charge < -0.3 is 5.73 Å². The van der Waals surface area contributed by atoms with Gasteiger partial charge in [-0.2, -0.15) is 5.10 Å². The number of aromatic nitrogens is 2. The summed E-state index contributed by atoms with van der Waals surface area (Å²) in [5, 5.41) is 5.27. The molecule has 0 unspecified atom stereocenters. The molecule has 0 spiro atoms. The summed E-state index contributed by atoms with van der Waals surface area (Å²) >= 11 is 7.74. The summed E-state index contributed by atoms with van der Waals surface area (Å²) in [5.74, 6) is 0. The zero-order valence-electron chi connectivity index (χ0n) is 11.0. The Morgan fingerprint density at radius 2 is 2.15 bits per heavy atom. The number of benzene rings is 1. The predicted molar refractivity (Wildman–Crippen MR) is 85.7 cm³/mol. The first kappa shape index (κ1) is 13.2. The topological polar surface area (TPSA) is 43.8 Å². The highest BCUT2D eigenvalue weighted by molar-refractivity contribution is 7.15. The van der Waals surface area contributed by atoms with Crippen molar-refractivity contribution in [3.63, 3.8) is 0 Å². The molecule has 2 heterocycles. The fraction of sp³-hybridized carbons (Fsp3) is 0.133. The molecule has 0 radical (unpaired) electrons. The van der Waals surface area contributed by atoms with Gasteiger partial charge in [-0.05, 0) is 36.8 Å². The van der Waals surface area contributed by atoms with Crippen molar-refractivity contribution in [1.82, 2.24) is 9.78 Å². The summed E-state index contributed by atoms with van der Waals surface area (Å²) in [4.78, 5) is 2.43. The van der Waals surface area contributed by atoms with Gasteiger partial charge in [-0.15, -0.1) is 11.3 Å². The third-order valence-electron chi connectivity index (χ3n) is 3.06. The fourth-order valence-corrected chi connectivity index (χ4v) is 3.16. The first-order valence-electron chi connectivity index (χ1n) is 6.37. The zero-order chi connectivity index (χ0) is 14.1. The molecular formula is C15H14ClN3S. The number of hydrogen-bond donors (Lipinski definition) is 1. The summed E-state index contributed by atoms with van der Waals surface area (Å²) in [6, 6.07) is 11.8. The summed E-state index contributed by atoms with van der Waals surface area (Å²) < 4.78 is 1.77. The molecule has 2 aromatic heterocycles. The Morgan fingerprint density at radius 3 is 2.85 bits per heavy atom. The Hall–Kier alpha value is -1.78. The van der Waals surface area contributed by atoms with Crippen molar-refractivity contribution < 1.29 is 0 Å². The van der Waals surface area contributed by atoms with Crippen LogP contribution < -0.4 is 5.73 Å². The van der Waals surface area contributed by atoms with E-state index in [2.05, 4.69) is 24.2 Å². The highest BCUT2D eigenvalue weighted by Crippen LogP contribution is 2.32. The van der Waals surface area contributed by atoms with Crippen LogP contribution in [0.25, 0.3) is 16.3 Å². The van der Waals surface area contributed by atoms with Gasteiger partial charge in [0.25, 0.3) is 0 Å². The summed E-state index contributed by atoms with van der Waals surface area (Å²) in [6.45, 7) is 2.14. The second-order valence-electron chi connectivity index (χ2n) is 4.48. The van der Waals surface area contributed by atoms with Gasteiger partial charge in [0, 0.05) is 9.90 Å². The Labute approximate surface area is 126 Å². The van der Waals surface area contributed by atoms with Gasteiger partial charge in [0.15, 0.2) is 0 Å². The Bertz CT molecular complexity index is 745. The number of nitrogen functional groups attached to an aromatic ring is 1. The molecule has 2 N–H and O–H groups in total. The van der Waals surface area contributed by atoms with E-state index in [9.17, 15) is 0 Å². The average Bonchev–Trinajstić information content (AvgIpc) is 3.04. The van der Waals surface area contributed by atoms with Gasteiger partial charge >= 0.3 is 0 Å². The number of anilines is 1. The lowest BCUT2D eigenvalue weighted by Crippen LogP contribution is -1.94. The maximum absolute atomic E-state index is 6.09. The molecular weight excluding hydrogens is 290 g/mol. The molecule has 3 aromatic rings. The van der Waals surface area contributed by atoms with Crippen molar-refractivity contribution in [2.45, 2.75) is 13.3 Å². The molecule has 5 heteroatoms. The third-order valence-corrected chi connectivity index (χ3v) is 4.53. The van der Waals surface area contributed by atoms with E-state index in [0.717, 1.165) is 22.7 Å². The van der Waals surface area contributed by atoms with Crippen LogP contribution in [0.15, 0.2) is 42.6 Å². The van der Waals surface area contributed by atoms with Crippen molar-refractivity contribution in [1.29, 1.82) is 0 Å². The normalized spacial score (nSPS) is 10.9. The van der Waals surface area contributed by atoms with Gasteiger partial charge in [0.1, 0.15) is 5.69 Å². The molecule has 0 aliphatic heterocycles. The molecule has 1 aromatic carbocycles. The Morgan fingerprint density at radius 1 is 1.30 bits per heavy atom. The van der Waals surface area contributed by atoms with Gasteiger partial charge in [0.2, 0.25) is 0 Å². The monoisotopic (exact) mass is 303 g/mol. The summed E-state index contributed by atoms with van der Waals surface area (Å²) in [6.07, 6.45) is 2.85. The second-order valence-corrected chi connectivity index (χ2v) is 6.08. The van der Waals surface area contributed by atoms with Crippen LogP contribution >= 0.6 is 22.9 Å². The molecule has 0 saturated heterocycles. The van der Waals surface area contributed by atoms with Crippen molar-refractivity contribution in [3.8, 4) is 16.3 Å². The molecule has 0 bridgehead atoms. The van der Waals surface area contributed by atoms with E-state index in [-0.39, 0.29) is 0 Å². The molecule has 0 saturated carbocycles. The smallest absolute Gasteiger partial charge is 0.126 e. The number of hydrogen-bond acceptors (Lipinski definition) is 3. The van der Waals surface area contributed by atoms with E-state index in [1.807, 2.05) is 30.5 Å². The van der Waals surface area contributed by atoms with Crippen LogP contribution in [0.5, 0.6) is 0 Å². The third kappa shape index (κ3) is 2.44. The van der Waals surface area contributed by atoms with Crippen LogP contribution in [0.1, 0.15) is 11.8 Å². The predicted octanol–water partition coefficient (Wildman–Crippen LogP) is 4.40. The van der Waals surface area contributed by atoms with E-state index in [4.69, 9.17) is 17.3 Å². The molecule has 0 aliphatic rings. The van der Waals surface area contributed by atoms with Crippen molar-refractivity contribution in [3.05, 3.63) is 52.5 Å². The van der Waals surface area contributed by atoms with E-state index < -0.39 is 0 Å². The lowest BCUT2D eigenvalue weighted by molar-refractivity contribution is 0.885. The van der Waals surface area contributed by atoms with Crippen LogP contribution in [0.3, 0.4) is 0 Å². The van der Waals surface area contributed by atoms with Gasteiger partial charge in [-0.25, -0.2) is 4.68 Å². The van der Waals surface area contributed by atoms with E-state index >= 15 is 0 Å². The van der Waals surface area contributed by atoms with E-state index in [1.54, 1.807) is 16.0 Å². The standard InChI is InChI=1S/C15H14ClN3S/c1-2-12-6-7-14(20-12)15-13(17)9-19(18-15)11-5-3-4-10(16)8-11/h3-9H,2,17H2,1H3. The first-order chi connectivity index (χ1) is 9.67. The molecule has 3 rings (SSSR count). The lowest BCUT2D eigenvalue weighted by atomic mass is 10.3. The zero-order valence-corrected chi connectivity index (χ0v) is 12.6. The lowest BCUT2D eigenvalue weighted by Gasteiger charge is -2.00. The van der Waals surface area contributed by atoms with Crippen LogP contribution in [0.4, 0.5) is 5.69 Å². The van der Waals surface area contributed by atoms with Crippen molar-refractivity contribution >= 4 is 28.6 Å². The fourth-order valence-electron chi connectivity index (χ4n) is 2.02. The van der Waals surface area contributed by atoms with Crippen LogP contribution in [-0.4, -0.2) is 9.78 Å². The largest absolute Gasteiger partial charge is 0.396 e. The Kier molecular flexibility index (Phi) is 3.51. The number of halogens is 1. The molecule has 0 aliphatic carbocycles. The average molecular weight is 304 g/mol.